The smallest absolute Gasteiger partial charge is 0.306 e. The van der Waals surface area contributed by atoms with Crippen molar-refractivity contribution in [3.8, 4) is 0 Å². The van der Waals surface area contributed by atoms with Crippen LogP contribution < -0.4 is 0 Å². The molecule has 0 saturated carbocycles. The molecule has 1 unspecified atom stereocenters. The quantitative estimate of drug-likeness (QED) is 0.753. The van der Waals surface area contributed by atoms with Gasteiger partial charge < -0.3 is 14.4 Å². The van der Waals surface area contributed by atoms with Crippen molar-refractivity contribution >= 4 is 5.97 Å². The minimum atomic E-state index is -0.116. The molecule has 0 amide bonds. The molecule has 2 aliphatic heterocycles. The summed E-state index contributed by atoms with van der Waals surface area (Å²) in [6.07, 6.45) is 3.52. The number of hydrogen-bond donors (Lipinski definition) is 0. The van der Waals surface area contributed by atoms with Gasteiger partial charge in [0.15, 0.2) is 0 Å². The number of ether oxygens (including phenoxy) is 2. The molecule has 0 spiro atoms. The summed E-state index contributed by atoms with van der Waals surface area (Å²) in [7, 11) is 0. The molecule has 0 radical (unpaired) electrons. The summed E-state index contributed by atoms with van der Waals surface area (Å²) >= 11 is 0. The summed E-state index contributed by atoms with van der Waals surface area (Å²) in [6, 6.07) is 9.78. The second-order valence-corrected chi connectivity index (χ2v) is 5.66. The van der Waals surface area contributed by atoms with Gasteiger partial charge in [-0.1, -0.05) is 30.3 Å². The lowest BCUT2D eigenvalue weighted by Gasteiger charge is -2.16. The number of carbonyl (C=O) groups is 1. The highest BCUT2D eigenvalue weighted by atomic mass is 16.5. The van der Waals surface area contributed by atoms with Crippen molar-refractivity contribution < 1.29 is 14.3 Å². The van der Waals surface area contributed by atoms with Crippen LogP contribution in [-0.2, 0) is 20.9 Å². The van der Waals surface area contributed by atoms with Crippen LogP contribution in [0.25, 0.3) is 0 Å². The van der Waals surface area contributed by atoms with E-state index in [1.807, 2.05) is 30.3 Å². The highest BCUT2D eigenvalue weighted by Crippen LogP contribution is 2.27. The zero-order valence-corrected chi connectivity index (χ0v) is 12.2. The van der Waals surface area contributed by atoms with E-state index in [2.05, 4.69) is 11.1 Å². The number of nitrogens with zero attached hydrogens (tertiary/aromatic N) is 1. The summed E-state index contributed by atoms with van der Waals surface area (Å²) in [5.74, 6) is 0.462. The van der Waals surface area contributed by atoms with Crippen LogP contribution in [0.15, 0.2) is 42.1 Å². The Hall–Kier alpha value is -1.81. The summed E-state index contributed by atoms with van der Waals surface area (Å²) in [5, 5.41) is 0. The molecule has 1 aromatic rings. The van der Waals surface area contributed by atoms with E-state index in [1.165, 1.54) is 5.57 Å². The lowest BCUT2D eigenvalue weighted by molar-refractivity contribution is -0.145. The van der Waals surface area contributed by atoms with Gasteiger partial charge in [0.2, 0.25) is 0 Å². The van der Waals surface area contributed by atoms with Crippen molar-refractivity contribution in [1.29, 1.82) is 0 Å². The Bertz CT molecular complexity index is 512. The number of benzene rings is 1. The maximum atomic E-state index is 11.7. The van der Waals surface area contributed by atoms with Gasteiger partial charge in [0.25, 0.3) is 0 Å². The Labute approximate surface area is 125 Å². The predicted molar refractivity (Wildman–Crippen MR) is 79.4 cm³/mol. The standard InChI is InChI=1S/C17H21NO3/c19-17(21-11-14-5-2-1-3-6-14)7-4-8-18-9-15-12-20-13-16(15)10-18/h1-3,5-6,9,16H,4,7-8,10-13H2. The third kappa shape index (κ3) is 3.85. The van der Waals surface area contributed by atoms with Gasteiger partial charge in [-0.2, -0.15) is 0 Å². The molecule has 0 aliphatic carbocycles. The van der Waals surface area contributed by atoms with Crippen molar-refractivity contribution in [2.45, 2.75) is 19.4 Å². The number of esters is 1. The average Bonchev–Trinajstić information content (AvgIpc) is 3.07. The SMILES string of the molecule is O=C(CCCN1C=C2COCC2C1)OCc1ccccc1. The van der Waals surface area contributed by atoms with Crippen LogP contribution in [0, 0.1) is 5.92 Å². The summed E-state index contributed by atoms with van der Waals surface area (Å²) in [6.45, 7) is 3.95. The Kier molecular flexibility index (Phi) is 4.55. The molecule has 112 valence electrons. The maximum absolute atomic E-state index is 11.7. The number of hydrogen-bond acceptors (Lipinski definition) is 4. The first kappa shape index (κ1) is 14.1. The summed E-state index contributed by atoms with van der Waals surface area (Å²) in [4.78, 5) is 14.0. The third-order valence-electron chi connectivity index (χ3n) is 3.98. The van der Waals surface area contributed by atoms with Crippen LogP contribution in [-0.4, -0.2) is 37.2 Å². The van der Waals surface area contributed by atoms with Crippen LogP contribution in [0.1, 0.15) is 18.4 Å². The molecule has 4 nitrogen and oxygen atoms in total. The molecule has 21 heavy (non-hydrogen) atoms. The predicted octanol–water partition coefficient (Wildman–Crippen LogP) is 2.36. The molecular formula is C17H21NO3. The number of fused-ring (bicyclic) bond motifs is 1. The first-order valence-corrected chi connectivity index (χ1v) is 7.53. The molecule has 0 aromatic heterocycles. The minimum Gasteiger partial charge on any atom is -0.461 e. The number of carbonyl (C=O) groups excluding carboxylic acids is 1. The minimum absolute atomic E-state index is 0.116. The van der Waals surface area contributed by atoms with Crippen LogP contribution in [0.4, 0.5) is 0 Å². The highest BCUT2D eigenvalue weighted by molar-refractivity contribution is 5.69. The van der Waals surface area contributed by atoms with Crippen LogP contribution >= 0.6 is 0 Å². The average molecular weight is 287 g/mol. The van der Waals surface area contributed by atoms with E-state index >= 15 is 0 Å². The lowest BCUT2D eigenvalue weighted by Crippen LogP contribution is -2.21. The second kappa shape index (κ2) is 6.76. The van der Waals surface area contributed by atoms with E-state index in [0.29, 0.717) is 18.9 Å². The van der Waals surface area contributed by atoms with Gasteiger partial charge in [-0.05, 0) is 17.6 Å². The Morgan fingerprint density at radius 3 is 3.00 bits per heavy atom. The van der Waals surface area contributed by atoms with Gasteiger partial charge in [0, 0.05) is 31.6 Å². The van der Waals surface area contributed by atoms with Gasteiger partial charge in [-0.15, -0.1) is 0 Å². The fourth-order valence-electron chi connectivity index (χ4n) is 2.82. The van der Waals surface area contributed by atoms with Crippen molar-refractivity contribution in [2.75, 3.05) is 26.3 Å². The summed E-state index contributed by atoms with van der Waals surface area (Å²) < 4.78 is 10.7. The zero-order chi connectivity index (χ0) is 14.5. The molecule has 3 rings (SSSR count). The van der Waals surface area contributed by atoms with Crippen molar-refractivity contribution in [3.63, 3.8) is 0 Å². The molecule has 1 saturated heterocycles. The van der Waals surface area contributed by atoms with Crippen molar-refractivity contribution in [3.05, 3.63) is 47.7 Å². The van der Waals surface area contributed by atoms with E-state index in [4.69, 9.17) is 9.47 Å². The Balaban J connectivity index is 1.32. The highest BCUT2D eigenvalue weighted by Gasteiger charge is 2.28. The van der Waals surface area contributed by atoms with Crippen LogP contribution in [0.5, 0.6) is 0 Å². The van der Waals surface area contributed by atoms with Gasteiger partial charge in [0.1, 0.15) is 6.61 Å². The molecule has 4 heteroatoms. The Morgan fingerprint density at radius 1 is 1.33 bits per heavy atom. The first-order chi connectivity index (χ1) is 10.3. The third-order valence-corrected chi connectivity index (χ3v) is 3.98. The lowest BCUT2D eigenvalue weighted by atomic mass is 10.1. The van der Waals surface area contributed by atoms with Gasteiger partial charge >= 0.3 is 5.97 Å². The largest absolute Gasteiger partial charge is 0.461 e. The molecule has 1 atom stereocenters. The van der Waals surface area contributed by atoms with Crippen LogP contribution in [0.3, 0.4) is 0 Å². The fraction of sp³-hybridized carbons (Fsp3) is 0.471. The van der Waals surface area contributed by atoms with Crippen molar-refractivity contribution in [2.24, 2.45) is 5.92 Å². The topological polar surface area (TPSA) is 38.8 Å². The van der Waals surface area contributed by atoms with E-state index in [-0.39, 0.29) is 5.97 Å². The van der Waals surface area contributed by atoms with E-state index in [1.54, 1.807) is 0 Å². The van der Waals surface area contributed by atoms with Gasteiger partial charge in [-0.3, -0.25) is 4.79 Å². The van der Waals surface area contributed by atoms with Gasteiger partial charge in [0.05, 0.1) is 13.2 Å². The first-order valence-electron chi connectivity index (χ1n) is 7.53. The molecule has 0 N–H and O–H groups in total. The van der Waals surface area contributed by atoms with Gasteiger partial charge in [-0.25, -0.2) is 0 Å². The van der Waals surface area contributed by atoms with Crippen molar-refractivity contribution in [1.82, 2.24) is 4.90 Å². The van der Waals surface area contributed by atoms with Crippen LogP contribution in [0.2, 0.25) is 0 Å². The molecule has 1 fully saturated rings. The maximum Gasteiger partial charge on any atom is 0.306 e. The molecular weight excluding hydrogens is 266 g/mol. The Morgan fingerprint density at radius 2 is 2.19 bits per heavy atom. The van der Waals surface area contributed by atoms with E-state index < -0.39 is 0 Å². The van der Waals surface area contributed by atoms with E-state index in [9.17, 15) is 4.79 Å². The fourth-order valence-corrected chi connectivity index (χ4v) is 2.82. The monoisotopic (exact) mass is 287 g/mol. The second-order valence-electron chi connectivity index (χ2n) is 5.66. The molecule has 1 aromatic carbocycles. The van der Waals surface area contributed by atoms with E-state index in [0.717, 1.165) is 38.3 Å². The summed E-state index contributed by atoms with van der Waals surface area (Å²) in [5.41, 5.74) is 2.43. The molecule has 2 aliphatic rings. The number of rotatable bonds is 6. The zero-order valence-electron chi connectivity index (χ0n) is 12.2. The molecule has 0 bridgehead atoms. The molecule has 2 heterocycles. The normalized spacial score (nSPS) is 20.3.